The van der Waals surface area contributed by atoms with Gasteiger partial charge in [-0.1, -0.05) is 39.2 Å². The molecule has 162 valence electrons. The van der Waals surface area contributed by atoms with Gasteiger partial charge in [0.05, 0.1) is 11.7 Å². The number of carbonyl (C=O) groups excluding carboxylic acids is 1. The molecule has 1 aliphatic heterocycles. The molecule has 5 nitrogen and oxygen atoms in total. The van der Waals surface area contributed by atoms with Gasteiger partial charge in [-0.05, 0) is 63.0 Å². The first-order valence-electron chi connectivity index (χ1n) is 11.6. The van der Waals surface area contributed by atoms with E-state index in [1.54, 1.807) is 0 Å². The van der Waals surface area contributed by atoms with Crippen LogP contribution in [-0.4, -0.2) is 40.8 Å². The second-order valence-electron chi connectivity index (χ2n) is 8.93. The fourth-order valence-corrected chi connectivity index (χ4v) is 4.67. The monoisotopic (exact) mass is 402 g/mol. The van der Waals surface area contributed by atoms with Crippen molar-refractivity contribution in [3.63, 3.8) is 0 Å². The number of carbonyl (C=O) groups is 1. The Morgan fingerprint density at radius 1 is 1.21 bits per heavy atom. The summed E-state index contributed by atoms with van der Waals surface area (Å²) in [4.78, 5) is 14.5. The van der Waals surface area contributed by atoms with E-state index in [4.69, 9.17) is 4.74 Å². The molecular formula is C24H38N2O3. The maximum atomic E-state index is 12.7. The molecule has 1 saturated carbocycles. The zero-order valence-electron chi connectivity index (χ0n) is 18.2. The van der Waals surface area contributed by atoms with Crippen molar-refractivity contribution < 1.29 is 14.6 Å². The molecule has 5 heteroatoms. The lowest BCUT2D eigenvalue weighted by molar-refractivity contribution is -0.0309. The molecule has 1 aliphatic carbocycles. The Morgan fingerprint density at radius 2 is 1.90 bits per heavy atom. The largest absolute Gasteiger partial charge is 0.490 e. The maximum Gasteiger partial charge on any atom is 0.321 e. The fraction of sp³-hybridized carbons (Fsp3) is 0.708. The molecule has 0 atom stereocenters. The number of anilines is 1. The Labute approximate surface area is 175 Å². The lowest BCUT2D eigenvalue weighted by Crippen LogP contribution is -2.48. The molecular weight excluding hydrogens is 364 g/mol. The van der Waals surface area contributed by atoms with Gasteiger partial charge in [0.1, 0.15) is 5.75 Å². The molecule has 1 aromatic rings. The first-order valence-corrected chi connectivity index (χ1v) is 11.6. The van der Waals surface area contributed by atoms with Gasteiger partial charge >= 0.3 is 6.03 Å². The minimum Gasteiger partial charge on any atom is -0.490 e. The summed E-state index contributed by atoms with van der Waals surface area (Å²) in [7, 11) is 0. The second-order valence-corrected chi connectivity index (χ2v) is 8.93. The molecule has 2 aliphatic rings. The minimum absolute atomic E-state index is 0.0931. The number of urea groups is 1. The van der Waals surface area contributed by atoms with Crippen molar-refractivity contribution in [1.29, 1.82) is 0 Å². The summed E-state index contributed by atoms with van der Waals surface area (Å²) in [6, 6.07) is 7.62. The van der Waals surface area contributed by atoms with Crippen LogP contribution in [0.5, 0.6) is 5.75 Å². The van der Waals surface area contributed by atoms with Crippen LogP contribution in [0.25, 0.3) is 0 Å². The number of likely N-dealkylation sites (tertiary alicyclic amines) is 1. The Balaban J connectivity index is 1.50. The maximum absolute atomic E-state index is 12.7. The van der Waals surface area contributed by atoms with Crippen molar-refractivity contribution in [3.8, 4) is 5.75 Å². The van der Waals surface area contributed by atoms with Gasteiger partial charge < -0.3 is 20.1 Å². The van der Waals surface area contributed by atoms with Crippen LogP contribution in [0.15, 0.2) is 24.3 Å². The summed E-state index contributed by atoms with van der Waals surface area (Å²) in [5.41, 5.74) is 0.141. The number of ether oxygens (including phenoxy) is 1. The smallest absolute Gasteiger partial charge is 0.321 e. The molecule has 1 saturated heterocycles. The average Bonchev–Trinajstić information content (AvgIpc) is 2.73. The molecule has 1 heterocycles. The fourth-order valence-electron chi connectivity index (χ4n) is 4.67. The summed E-state index contributed by atoms with van der Waals surface area (Å²) in [6.45, 7) is 5.57. The molecule has 2 N–H and O–H groups in total. The third-order valence-electron chi connectivity index (χ3n) is 6.74. The van der Waals surface area contributed by atoms with Crippen LogP contribution in [0.4, 0.5) is 10.5 Å². The average molecular weight is 403 g/mol. The van der Waals surface area contributed by atoms with Crippen molar-refractivity contribution in [1.82, 2.24) is 4.90 Å². The van der Waals surface area contributed by atoms with Crippen LogP contribution in [0.1, 0.15) is 78.1 Å². The zero-order chi connectivity index (χ0) is 20.7. The van der Waals surface area contributed by atoms with E-state index in [1.807, 2.05) is 29.2 Å². The van der Waals surface area contributed by atoms with Gasteiger partial charge in [0.2, 0.25) is 0 Å². The molecule has 2 fully saturated rings. The van der Waals surface area contributed by atoms with Gasteiger partial charge in [0.25, 0.3) is 0 Å². The quantitative estimate of drug-likeness (QED) is 0.625. The van der Waals surface area contributed by atoms with E-state index < -0.39 is 5.60 Å². The number of benzene rings is 1. The summed E-state index contributed by atoms with van der Waals surface area (Å²) < 4.78 is 6.11. The van der Waals surface area contributed by atoms with Gasteiger partial charge in [0, 0.05) is 24.8 Å². The molecule has 0 spiro atoms. The van der Waals surface area contributed by atoms with Gasteiger partial charge in [-0.15, -0.1) is 0 Å². The summed E-state index contributed by atoms with van der Waals surface area (Å²) in [5.74, 6) is 1.39. The highest BCUT2D eigenvalue weighted by molar-refractivity contribution is 5.89. The first-order chi connectivity index (χ1) is 14.0. The molecule has 1 aromatic carbocycles. The van der Waals surface area contributed by atoms with Crippen molar-refractivity contribution in [2.45, 2.75) is 89.8 Å². The van der Waals surface area contributed by atoms with Crippen LogP contribution in [0, 0.1) is 5.92 Å². The predicted molar refractivity (Wildman–Crippen MR) is 117 cm³/mol. The third-order valence-corrected chi connectivity index (χ3v) is 6.74. The number of hydrogen-bond donors (Lipinski definition) is 2. The van der Waals surface area contributed by atoms with Crippen LogP contribution in [0.2, 0.25) is 0 Å². The van der Waals surface area contributed by atoms with Crippen LogP contribution >= 0.6 is 0 Å². The minimum atomic E-state index is -0.624. The van der Waals surface area contributed by atoms with E-state index in [0.717, 1.165) is 43.5 Å². The number of amides is 2. The van der Waals surface area contributed by atoms with Crippen LogP contribution in [0.3, 0.4) is 0 Å². The molecule has 0 unspecified atom stereocenters. The Kier molecular flexibility index (Phi) is 7.82. The first kappa shape index (κ1) is 21.9. The molecule has 2 amide bonds. The Morgan fingerprint density at radius 3 is 2.55 bits per heavy atom. The highest BCUT2D eigenvalue weighted by atomic mass is 16.5. The molecule has 0 radical (unpaired) electrons. The van der Waals surface area contributed by atoms with Gasteiger partial charge in [-0.3, -0.25) is 0 Å². The van der Waals surface area contributed by atoms with E-state index in [1.165, 1.54) is 19.3 Å². The number of nitrogens with one attached hydrogen (secondary N) is 1. The van der Waals surface area contributed by atoms with Gasteiger partial charge in [-0.25, -0.2) is 4.79 Å². The number of hydrogen-bond acceptors (Lipinski definition) is 3. The van der Waals surface area contributed by atoms with E-state index in [2.05, 4.69) is 19.2 Å². The van der Waals surface area contributed by atoms with Crippen molar-refractivity contribution in [3.05, 3.63) is 24.3 Å². The number of nitrogens with zero attached hydrogens (tertiary/aromatic N) is 1. The topological polar surface area (TPSA) is 61.8 Å². The van der Waals surface area contributed by atoms with Gasteiger partial charge in [0.15, 0.2) is 0 Å². The van der Waals surface area contributed by atoms with Crippen LogP contribution < -0.4 is 10.1 Å². The number of aliphatic hydroxyl groups is 1. The molecule has 0 bridgehead atoms. The second kappa shape index (κ2) is 10.3. The number of rotatable bonds is 7. The molecule has 0 aromatic heterocycles. The number of piperidine rings is 1. The molecule has 3 rings (SSSR count). The van der Waals surface area contributed by atoms with Crippen molar-refractivity contribution in [2.75, 3.05) is 18.4 Å². The summed E-state index contributed by atoms with van der Waals surface area (Å²) >= 11 is 0. The lowest BCUT2D eigenvalue weighted by Gasteiger charge is -2.39. The van der Waals surface area contributed by atoms with E-state index in [-0.39, 0.29) is 6.03 Å². The van der Waals surface area contributed by atoms with E-state index >= 15 is 0 Å². The van der Waals surface area contributed by atoms with Gasteiger partial charge in [-0.2, -0.15) is 0 Å². The van der Waals surface area contributed by atoms with Crippen LogP contribution in [-0.2, 0) is 0 Å². The molecule has 29 heavy (non-hydrogen) atoms. The predicted octanol–water partition coefficient (Wildman–Crippen LogP) is 5.58. The van der Waals surface area contributed by atoms with E-state index in [0.29, 0.717) is 38.0 Å². The van der Waals surface area contributed by atoms with Crippen molar-refractivity contribution in [2.24, 2.45) is 5.92 Å². The SMILES string of the molecule is CCC(CC)CC1(O)CCN(C(=O)Nc2cccc(OC3CCCCC3)c2)CC1. The van der Waals surface area contributed by atoms with Crippen molar-refractivity contribution >= 4 is 11.7 Å². The zero-order valence-corrected chi connectivity index (χ0v) is 18.2. The highest BCUT2D eigenvalue weighted by Crippen LogP contribution is 2.32. The third kappa shape index (κ3) is 6.36. The standard InChI is InChI=1S/C24H38N2O3/c1-3-19(4-2)18-24(28)13-15-26(16-14-24)23(27)25-20-9-8-12-22(17-20)29-21-10-6-5-7-11-21/h8-9,12,17,19,21,28H,3-7,10-11,13-16,18H2,1-2H3,(H,25,27). The normalized spacial score (nSPS) is 19.9. The summed E-state index contributed by atoms with van der Waals surface area (Å²) in [5, 5.41) is 13.9. The Bertz CT molecular complexity index is 645. The summed E-state index contributed by atoms with van der Waals surface area (Å²) in [6.07, 6.45) is 10.7. The highest BCUT2D eigenvalue weighted by Gasteiger charge is 2.35. The Hall–Kier alpha value is -1.75. The lowest BCUT2D eigenvalue weighted by atomic mass is 9.81. The van der Waals surface area contributed by atoms with E-state index in [9.17, 15) is 9.90 Å².